The standard InChI is InChI=1S/C17H17FINO/c1-20-17(14-6-5-13(18)10-15(14)19)12-4-7-16-11(9-12)3-2-8-21-16/h4-7,9-10,17,20H,2-3,8H2,1H3. The third kappa shape index (κ3) is 3.06. The second kappa shape index (κ2) is 6.32. The predicted octanol–water partition coefficient (Wildman–Crippen LogP) is 4.06. The van der Waals surface area contributed by atoms with E-state index >= 15 is 0 Å². The summed E-state index contributed by atoms with van der Waals surface area (Å²) in [6.07, 6.45) is 2.12. The molecule has 0 saturated carbocycles. The normalized spacial score (nSPS) is 15.2. The highest BCUT2D eigenvalue weighted by Gasteiger charge is 2.18. The zero-order valence-electron chi connectivity index (χ0n) is 11.8. The van der Waals surface area contributed by atoms with Crippen LogP contribution < -0.4 is 10.1 Å². The van der Waals surface area contributed by atoms with Gasteiger partial charge in [-0.1, -0.05) is 18.2 Å². The van der Waals surface area contributed by atoms with Gasteiger partial charge >= 0.3 is 0 Å². The number of fused-ring (bicyclic) bond motifs is 1. The fraction of sp³-hybridized carbons (Fsp3) is 0.294. The molecule has 1 heterocycles. The van der Waals surface area contributed by atoms with Gasteiger partial charge < -0.3 is 10.1 Å². The molecule has 2 nitrogen and oxygen atoms in total. The predicted molar refractivity (Wildman–Crippen MR) is 90.3 cm³/mol. The maximum atomic E-state index is 13.3. The summed E-state index contributed by atoms with van der Waals surface area (Å²) < 4.78 is 19.9. The first-order chi connectivity index (χ1) is 10.2. The van der Waals surface area contributed by atoms with Crippen molar-refractivity contribution in [3.63, 3.8) is 0 Å². The summed E-state index contributed by atoms with van der Waals surface area (Å²) in [7, 11) is 1.93. The van der Waals surface area contributed by atoms with Crippen LogP contribution in [0.15, 0.2) is 36.4 Å². The fourth-order valence-electron chi connectivity index (χ4n) is 2.80. The molecule has 2 aromatic rings. The van der Waals surface area contributed by atoms with Crippen LogP contribution in [0, 0.1) is 9.39 Å². The molecule has 1 N–H and O–H groups in total. The SMILES string of the molecule is CNC(c1ccc2c(c1)CCCO2)c1ccc(F)cc1I. The Morgan fingerprint density at radius 1 is 1.24 bits per heavy atom. The minimum absolute atomic E-state index is 0.0599. The second-order valence-electron chi connectivity index (χ2n) is 5.21. The summed E-state index contributed by atoms with van der Waals surface area (Å²) in [5.74, 6) is 0.797. The molecule has 1 aliphatic heterocycles. The number of benzene rings is 2. The van der Waals surface area contributed by atoms with Crippen molar-refractivity contribution in [1.82, 2.24) is 5.32 Å². The van der Waals surface area contributed by atoms with Crippen LogP contribution in [-0.2, 0) is 6.42 Å². The Balaban J connectivity index is 1.99. The van der Waals surface area contributed by atoms with Crippen LogP contribution in [0.2, 0.25) is 0 Å². The maximum Gasteiger partial charge on any atom is 0.124 e. The first-order valence-corrected chi connectivity index (χ1v) is 8.15. The number of rotatable bonds is 3. The van der Waals surface area contributed by atoms with Crippen LogP contribution in [0.25, 0.3) is 0 Å². The fourth-order valence-corrected chi connectivity index (χ4v) is 3.59. The van der Waals surface area contributed by atoms with Crippen molar-refractivity contribution >= 4 is 22.6 Å². The van der Waals surface area contributed by atoms with Crippen LogP contribution in [0.1, 0.15) is 29.2 Å². The van der Waals surface area contributed by atoms with Crippen molar-refractivity contribution in [3.8, 4) is 5.75 Å². The minimum Gasteiger partial charge on any atom is -0.493 e. The molecule has 2 aromatic carbocycles. The molecule has 1 aliphatic rings. The third-order valence-corrected chi connectivity index (χ3v) is 4.76. The molecular weight excluding hydrogens is 380 g/mol. The maximum absolute atomic E-state index is 13.3. The van der Waals surface area contributed by atoms with Crippen molar-refractivity contribution in [3.05, 3.63) is 62.5 Å². The van der Waals surface area contributed by atoms with Gasteiger partial charge in [0.05, 0.1) is 12.6 Å². The van der Waals surface area contributed by atoms with Gasteiger partial charge in [0.1, 0.15) is 11.6 Å². The van der Waals surface area contributed by atoms with Gasteiger partial charge in [-0.25, -0.2) is 4.39 Å². The smallest absolute Gasteiger partial charge is 0.124 e. The Kier molecular flexibility index (Phi) is 4.45. The molecule has 0 amide bonds. The van der Waals surface area contributed by atoms with E-state index in [4.69, 9.17) is 4.74 Å². The number of hydrogen-bond donors (Lipinski definition) is 1. The zero-order chi connectivity index (χ0) is 14.8. The van der Waals surface area contributed by atoms with E-state index in [0.29, 0.717) is 0 Å². The molecule has 0 bridgehead atoms. The highest BCUT2D eigenvalue weighted by atomic mass is 127. The van der Waals surface area contributed by atoms with Gasteiger partial charge in [-0.05, 0) is 77.4 Å². The Labute approximate surface area is 137 Å². The van der Waals surface area contributed by atoms with Gasteiger partial charge in [-0.15, -0.1) is 0 Å². The van der Waals surface area contributed by atoms with Crippen molar-refractivity contribution in [1.29, 1.82) is 0 Å². The third-order valence-electron chi connectivity index (χ3n) is 3.83. The van der Waals surface area contributed by atoms with Gasteiger partial charge in [-0.3, -0.25) is 0 Å². The average molecular weight is 397 g/mol. The van der Waals surface area contributed by atoms with Crippen LogP contribution in [0.4, 0.5) is 4.39 Å². The lowest BCUT2D eigenvalue weighted by Crippen LogP contribution is -2.19. The Hall–Kier alpha value is -1.14. The summed E-state index contributed by atoms with van der Waals surface area (Å²) in [5, 5.41) is 3.33. The zero-order valence-corrected chi connectivity index (χ0v) is 14.0. The Morgan fingerprint density at radius 2 is 2.10 bits per heavy atom. The van der Waals surface area contributed by atoms with E-state index in [1.54, 1.807) is 6.07 Å². The summed E-state index contributed by atoms with van der Waals surface area (Å²) >= 11 is 2.19. The summed E-state index contributed by atoms with van der Waals surface area (Å²) in [5.41, 5.74) is 3.54. The van der Waals surface area contributed by atoms with Gasteiger partial charge in [0.25, 0.3) is 0 Å². The molecule has 0 radical (unpaired) electrons. The van der Waals surface area contributed by atoms with Crippen molar-refractivity contribution in [2.75, 3.05) is 13.7 Å². The number of aryl methyl sites for hydroxylation is 1. The topological polar surface area (TPSA) is 21.3 Å². The van der Waals surface area contributed by atoms with Gasteiger partial charge in [0.15, 0.2) is 0 Å². The minimum atomic E-state index is -0.197. The van der Waals surface area contributed by atoms with Crippen LogP contribution in [0.3, 0.4) is 0 Å². The molecule has 0 saturated heterocycles. The molecule has 0 aliphatic carbocycles. The van der Waals surface area contributed by atoms with E-state index in [9.17, 15) is 4.39 Å². The second-order valence-corrected chi connectivity index (χ2v) is 6.37. The van der Waals surface area contributed by atoms with Gasteiger partial charge in [0, 0.05) is 3.57 Å². The number of halogens is 2. The van der Waals surface area contributed by atoms with Crippen molar-refractivity contribution in [2.45, 2.75) is 18.9 Å². The average Bonchev–Trinajstić information content (AvgIpc) is 2.50. The van der Waals surface area contributed by atoms with E-state index in [0.717, 1.165) is 34.3 Å². The molecular formula is C17H17FINO. The van der Waals surface area contributed by atoms with Gasteiger partial charge in [-0.2, -0.15) is 0 Å². The van der Waals surface area contributed by atoms with Crippen molar-refractivity contribution in [2.24, 2.45) is 0 Å². The monoisotopic (exact) mass is 397 g/mol. The summed E-state index contributed by atoms with van der Waals surface area (Å²) in [6.45, 7) is 0.803. The summed E-state index contributed by atoms with van der Waals surface area (Å²) in [6, 6.07) is 11.3. The number of ether oxygens (including phenoxy) is 1. The molecule has 0 aromatic heterocycles. The van der Waals surface area contributed by atoms with E-state index in [2.05, 4.69) is 40.0 Å². The van der Waals surface area contributed by atoms with E-state index in [-0.39, 0.29) is 11.9 Å². The molecule has 3 rings (SSSR count). The van der Waals surface area contributed by atoms with Crippen LogP contribution in [-0.4, -0.2) is 13.7 Å². The van der Waals surface area contributed by atoms with E-state index in [1.807, 2.05) is 19.2 Å². The number of hydrogen-bond acceptors (Lipinski definition) is 2. The highest BCUT2D eigenvalue weighted by Crippen LogP contribution is 2.31. The molecule has 4 heteroatoms. The van der Waals surface area contributed by atoms with Crippen molar-refractivity contribution < 1.29 is 9.13 Å². The molecule has 1 unspecified atom stereocenters. The Morgan fingerprint density at radius 3 is 2.86 bits per heavy atom. The lowest BCUT2D eigenvalue weighted by molar-refractivity contribution is 0.288. The molecule has 21 heavy (non-hydrogen) atoms. The molecule has 1 atom stereocenters. The van der Waals surface area contributed by atoms with Crippen LogP contribution >= 0.6 is 22.6 Å². The van der Waals surface area contributed by atoms with Gasteiger partial charge in [0.2, 0.25) is 0 Å². The largest absolute Gasteiger partial charge is 0.493 e. The molecule has 110 valence electrons. The lowest BCUT2D eigenvalue weighted by atomic mass is 9.95. The Bertz CT molecular complexity index is 659. The highest BCUT2D eigenvalue weighted by molar-refractivity contribution is 14.1. The number of nitrogens with one attached hydrogen (secondary N) is 1. The molecule has 0 spiro atoms. The first-order valence-electron chi connectivity index (χ1n) is 7.07. The van der Waals surface area contributed by atoms with Crippen LogP contribution in [0.5, 0.6) is 5.75 Å². The van der Waals surface area contributed by atoms with E-state index < -0.39 is 0 Å². The first kappa shape index (κ1) is 14.8. The summed E-state index contributed by atoms with van der Waals surface area (Å²) in [4.78, 5) is 0. The molecule has 0 fully saturated rings. The lowest BCUT2D eigenvalue weighted by Gasteiger charge is -2.22. The van der Waals surface area contributed by atoms with E-state index in [1.165, 1.54) is 17.2 Å². The quantitative estimate of drug-likeness (QED) is 0.789.